The fourth-order valence-electron chi connectivity index (χ4n) is 12.1. The number of Topliss-reactive ketones (excluding diaryl/α,β-unsaturated/α-hetero) is 1. The molecular weight excluding hydrogens is 674 g/mol. The number of fused-ring (bicyclic) bond motifs is 7. The van der Waals surface area contributed by atoms with Crippen molar-refractivity contribution in [1.29, 1.82) is 0 Å². The number of aliphatic carboxylic acids is 2. The van der Waals surface area contributed by atoms with E-state index in [9.17, 15) is 34.2 Å². The van der Waals surface area contributed by atoms with Crippen molar-refractivity contribution in [3.63, 3.8) is 0 Å². The molecule has 0 heterocycles. The van der Waals surface area contributed by atoms with Crippen LogP contribution in [0.4, 0.5) is 5.69 Å². The number of esters is 1. The summed E-state index contributed by atoms with van der Waals surface area (Å²) in [4.78, 5) is 63.4. The smallest absolute Gasteiger partial charge is 0.330 e. The normalized spacial score (nSPS) is 35.6. The van der Waals surface area contributed by atoms with E-state index in [2.05, 4.69) is 52.9 Å². The van der Waals surface area contributed by atoms with Gasteiger partial charge in [0.25, 0.3) is 0 Å². The first-order valence-electron chi connectivity index (χ1n) is 19.1. The van der Waals surface area contributed by atoms with Crippen molar-refractivity contribution in [3.05, 3.63) is 53.6 Å². The number of amides is 1. The molecular formula is C43H55NO9. The predicted molar refractivity (Wildman–Crippen MR) is 200 cm³/mol. The molecule has 5 aliphatic rings. The zero-order valence-corrected chi connectivity index (χ0v) is 31.9. The number of nitrogens with one attached hydrogen (secondary N) is 1. The third-order valence-electron chi connectivity index (χ3n) is 15.0. The van der Waals surface area contributed by atoms with Crippen LogP contribution in [0.2, 0.25) is 0 Å². The minimum absolute atomic E-state index is 0.0418. The number of hydrogen-bond acceptors (Lipinski definition) is 7. The Morgan fingerprint density at radius 2 is 1.62 bits per heavy atom. The maximum atomic E-state index is 13.7. The van der Waals surface area contributed by atoms with Crippen LogP contribution in [0.15, 0.2) is 48.1 Å². The van der Waals surface area contributed by atoms with Crippen LogP contribution in [0, 0.1) is 50.2 Å². The number of anilines is 1. The molecule has 1 aromatic rings. The van der Waals surface area contributed by atoms with Crippen molar-refractivity contribution in [2.24, 2.45) is 50.2 Å². The first kappa shape index (κ1) is 38.5. The van der Waals surface area contributed by atoms with Crippen LogP contribution in [0.1, 0.15) is 111 Å². The van der Waals surface area contributed by atoms with Gasteiger partial charge in [0.05, 0.1) is 5.41 Å². The minimum Gasteiger partial charge on any atom is -0.508 e. The lowest BCUT2D eigenvalue weighted by atomic mass is 9.33. The number of phenolic OH excluding ortho intramolecular Hbond substituents is 1. The highest BCUT2D eigenvalue weighted by atomic mass is 16.5. The van der Waals surface area contributed by atoms with Crippen molar-refractivity contribution < 1.29 is 44.0 Å². The van der Waals surface area contributed by atoms with Gasteiger partial charge in [-0.2, -0.15) is 0 Å². The van der Waals surface area contributed by atoms with Crippen LogP contribution >= 0.6 is 0 Å². The average molecular weight is 730 g/mol. The molecule has 0 aromatic heterocycles. The molecule has 1 amide bonds. The maximum absolute atomic E-state index is 13.7. The van der Waals surface area contributed by atoms with Crippen LogP contribution in [0.3, 0.4) is 0 Å². The molecule has 0 radical (unpaired) electrons. The van der Waals surface area contributed by atoms with Crippen LogP contribution in [0.5, 0.6) is 5.75 Å². The first-order valence-corrected chi connectivity index (χ1v) is 19.1. The lowest BCUT2D eigenvalue weighted by Gasteiger charge is -2.70. The number of benzene rings is 1. The van der Waals surface area contributed by atoms with Crippen molar-refractivity contribution in [2.45, 2.75) is 106 Å². The van der Waals surface area contributed by atoms with Gasteiger partial charge in [0.1, 0.15) is 18.1 Å². The van der Waals surface area contributed by atoms with E-state index in [0.29, 0.717) is 43.1 Å². The zero-order valence-electron chi connectivity index (χ0n) is 31.9. The molecule has 4 fully saturated rings. The van der Waals surface area contributed by atoms with Crippen molar-refractivity contribution in [2.75, 3.05) is 11.9 Å². The number of carbonyl (C=O) groups excluding carboxylic acids is 3. The third-order valence-corrected chi connectivity index (χ3v) is 15.0. The second-order valence-electron chi connectivity index (χ2n) is 18.4. The van der Waals surface area contributed by atoms with Gasteiger partial charge < -0.3 is 25.4 Å². The second-order valence-corrected chi connectivity index (χ2v) is 18.4. The van der Waals surface area contributed by atoms with E-state index < -0.39 is 40.1 Å². The highest BCUT2D eigenvalue weighted by molar-refractivity contribution is 6.03. The van der Waals surface area contributed by atoms with Crippen molar-refractivity contribution in [1.82, 2.24) is 0 Å². The van der Waals surface area contributed by atoms with Crippen LogP contribution in [-0.4, -0.2) is 51.5 Å². The van der Waals surface area contributed by atoms with E-state index in [1.165, 1.54) is 30.4 Å². The van der Waals surface area contributed by atoms with E-state index in [1.807, 2.05) is 0 Å². The second kappa shape index (κ2) is 13.3. The standard InChI is InChI=1S/C43H55NO9/c1-38(2)19-20-42(37(51)52)21-22-43(25-53-36(50)14-7-26-23-27(45)8-10-30(26)44-34(47)12-13-35(48)49)28(29(42)24-38)9-11-32-40(5)17-16-33(46)39(3,4)31(40)15-18-41(32,43)6/h7-10,12-14,23,29,31-32,45H,11,15-22,24-25H2,1-6H3,(H,44,47)(H,48,49)(H,51,52)/t29?,31?,32?,40-,41+,42-,43-/m0/s1. The Hall–Kier alpha value is -4.21. The van der Waals surface area contributed by atoms with Crippen molar-refractivity contribution >= 4 is 41.4 Å². The first-order chi connectivity index (χ1) is 24.7. The number of carboxylic acids is 2. The molecule has 0 bridgehead atoms. The number of ether oxygens (including phenoxy) is 1. The summed E-state index contributed by atoms with van der Waals surface area (Å²) < 4.78 is 6.25. The molecule has 4 saturated carbocycles. The number of ketones is 1. The van der Waals surface area contributed by atoms with Crippen LogP contribution < -0.4 is 5.32 Å². The van der Waals surface area contributed by atoms with E-state index in [1.54, 1.807) is 0 Å². The number of hydrogen-bond donors (Lipinski definition) is 4. The summed E-state index contributed by atoms with van der Waals surface area (Å²) in [5, 5.41) is 32.5. The van der Waals surface area contributed by atoms with Gasteiger partial charge in [-0.1, -0.05) is 53.2 Å². The molecule has 1 aromatic carbocycles. The molecule has 3 unspecified atom stereocenters. The summed E-state index contributed by atoms with van der Waals surface area (Å²) in [6.07, 6.45) is 13.8. The van der Waals surface area contributed by atoms with E-state index >= 15 is 0 Å². The van der Waals surface area contributed by atoms with E-state index in [4.69, 9.17) is 9.84 Å². The third kappa shape index (κ3) is 6.33. The zero-order chi connectivity index (χ0) is 38.8. The number of carbonyl (C=O) groups is 5. The number of carboxylic acid groups (broad SMARTS) is 2. The van der Waals surface area contributed by atoms with E-state index in [-0.39, 0.29) is 52.0 Å². The minimum atomic E-state index is -1.28. The molecule has 6 rings (SSSR count). The molecule has 0 saturated heterocycles. The average Bonchev–Trinajstić information content (AvgIpc) is 3.08. The molecule has 4 N–H and O–H groups in total. The Balaban J connectivity index is 1.36. The summed E-state index contributed by atoms with van der Waals surface area (Å²) in [6, 6.07) is 4.19. The van der Waals surface area contributed by atoms with Crippen LogP contribution in [-0.2, 0) is 28.7 Å². The fraction of sp³-hybridized carbons (Fsp3) is 0.605. The lowest BCUT2D eigenvalue weighted by molar-refractivity contribution is -0.202. The Labute approximate surface area is 312 Å². The quantitative estimate of drug-likeness (QED) is 0.0898. The highest BCUT2D eigenvalue weighted by Crippen LogP contribution is 2.75. The van der Waals surface area contributed by atoms with Gasteiger partial charge in [-0.15, -0.1) is 0 Å². The molecule has 0 aliphatic heterocycles. The summed E-state index contributed by atoms with van der Waals surface area (Å²) >= 11 is 0. The monoisotopic (exact) mass is 729 g/mol. The van der Waals surface area contributed by atoms with Crippen LogP contribution in [0.25, 0.3) is 6.08 Å². The molecule has 10 heteroatoms. The van der Waals surface area contributed by atoms with Gasteiger partial charge in [0, 0.05) is 46.7 Å². The van der Waals surface area contributed by atoms with Gasteiger partial charge in [-0.25, -0.2) is 9.59 Å². The predicted octanol–water partition coefficient (Wildman–Crippen LogP) is 7.96. The molecule has 286 valence electrons. The van der Waals surface area contributed by atoms with Gasteiger partial charge in [-0.3, -0.25) is 14.4 Å². The summed E-state index contributed by atoms with van der Waals surface area (Å²) in [7, 11) is 0. The maximum Gasteiger partial charge on any atom is 0.330 e. The topological polar surface area (TPSA) is 167 Å². The number of allylic oxidation sites excluding steroid dienone is 1. The van der Waals surface area contributed by atoms with E-state index in [0.717, 1.165) is 50.2 Å². The molecule has 53 heavy (non-hydrogen) atoms. The molecule has 10 nitrogen and oxygen atoms in total. The summed E-state index contributed by atoms with van der Waals surface area (Å²) in [5.41, 5.74) is -0.670. The number of rotatable bonds is 8. The molecule has 0 spiro atoms. The Morgan fingerprint density at radius 3 is 2.32 bits per heavy atom. The Bertz CT molecular complexity index is 1820. The number of aromatic hydroxyl groups is 1. The SMILES string of the molecule is CC1(C)CC[C@]2(C(=O)O)CC[C@]3(COC(=O)C=Cc4cc(O)ccc4NC(=O)C=CC(=O)O)C(=CCC4[C@@]5(C)CCC(=O)C(C)(C)C5CC[C@]43C)C2C1. The fourth-order valence-corrected chi connectivity index (χ4v) is 12.1. The highest BCUT2D eigenvalue weighted by Gasteiger charge is 2.71. The van der Waals surface area contributed by atoms with Gasteiger partial charge in [0.2, 0.25) is 5.91 Å². The van der Waals surface area contributed by atoms with Crippen molar-refractivity contribution in [3.8, 4) is 5.75 Å². The molecule has 5 aliphatic carbocycles. The lowest BCUT2D eigenvalue weighted by Crippen LogP contribution is -2.66. The Kier molecular flexibility index (Phi) is 9.64. The Morgan fingerprint density at radius 1 is 0.906 bits per heavy atom. The number of phenols is 1. The van der Waals surface area contributed by atoms with Gasteiger partial charge in [0.15, 0.2) is 0 Å². The molecule has 7 atom stereocenters. The summed E-state index contributed by atoms with van der Waals surface area (Å²) in [6.45, 7) is 13.5. The summed E-state index contributed by atoms with van der Waals surface area (Å²) in [5.74, 6) is -2.84. The van der Waals surface area contributed by atoms with Gasteiger partial charge >= 0.3 is 17.9 Å². The largest absolute Gasteiger partial charge is 0.508 e. The van der Waals surface area contributed by atoms with Gasteiger partial charge in [-0.05, 0) is 116 Å².